The number of halogens is 1. The molecular formula is C12H17BrN4O. The van der Waals surface area contributed by atoms with Crippen LogP contribution in [0.1, 0.15) is 0 Å². The van der Waals surface area contributed by atoms with Crippen LogP contribution in [0.15, 0.2) is 22.8 Å². The minimum absolute atomic E-state index is 0.0819. The lowest BCUT2D eigenvalue weighted by Gasteiger charge is -2.36. The van der Waals surface area contributed by atoms with Crippen LogP contribution < -0.4 is 4.90 Å². The van der Waals surface area contributed by atoms with Crippen LogP contribution in [0, 0.1) is 0 Å². The topological polar surface area (TPSA) is 39.7 Å². The molecule has 0 aliphatic carbocycles. The maximum Gasteiger partial charge on any atom is 0.319 e. The maximum atomic E-state index is 11.8. The van der Waals surface area contributed by atoms with Crippen LogP contribution in [0.2, 0.25) is 0 Å². The molecule has 2 heterocycles. The van der Waals surface area contributed by atoms with Gasteiger partial charge in [0, 0.05) is 50.9 Å². The number of nitrogens with zero attached hydrogens (tertiary/aromatic N) is 4. The predicted octanol–water partition coefficient (Wildman–Crippen LogP) is 1.65. The first-order valence-corrected chi connectivity index (χ1v) is 6.70. The van der Waals surface area contributed by atoms with Crippen molar-refractivity contribution in [2.75, 3.05) is 45.2 Å². The molecule has 0 unspecified atom stereocenters. The zero-order valence-electron chi connectivity index (χ0n) is 10.6. The van der Waals surface area contributed by atoms with Crippen molar-refractivity contribution >= 4 is 27.8 Å². The third kappa shape index (κ3) is 2.93. The van der Waals surface area contributed by atoms with Crippen LogP contribution in [0.25, 0.3) is 0 Å². The summed E-state index contributed by atoms with van der Waals surface area (Å²) in [5.41, 5.74) is 0. The molecule has 0 spiro atoms. The van der Waals surface area contributed by atoms with Crippen molar-refractivity contribution in [2.45, 2.75) is 0 Å². The van der Waals surface area contributed by atoms with Crippen molar-refractivity contribution in [3.05, 3.63) is 22.8 Å². The van der Waals surface area contributed by atoms with Crippen molar-refractivity contribution in [1.29, 1.82) is 0 Å². The van der Waals surface area contributed by atoms with Crippen molar-refractivity contribution in [3.63, 3.8) is 0 Å². The molecule has 0 saturated carbocycles. The van der Waals surface area contributed by atoms with Crippen LogP contribution in [0.4, 0.5) is 10.6 Å². The average Bonchev–Trinajstić information content (AvgIpc) is 2.39. The molecule has 0 aromatic carbocycles. The number of piperazine rings is 1. The fourth-order valence-electron chi connectivity index (χ4n) is 1.96. The van der Waals surface area contributed by atoms with Gasteiger partial charge in [-0.05, 0) is 28.1 Å². The lowest BCUT2D eigenvalue weighted by molar-refractivity contribution is 0.168. The summed E-state index contributed by atoms with van der Waals surface area (Å²) >= 11 is 3.37. The second-order valence-electron chi connectivity index (χ2n) is 4.49. The number of amides is 2. The second kappa shape index (κ2) is 5.56. The zero-order valence-corrected chi connectivity index (χ0v) is 12.2. The largest absolute Gasteiger partial charge is 0.353 e. The highest BCUT2D eigenvalue weighted by molar-refractivity contribution is 9.10. The van der Waals surface area contributed by atoms with Crippen molar-refractivity contribution in [2.24, 2.45) is 0 Å². The molecule has 0 radical (unpaired) electrons. The van der Waals surface area contributed by atoms with E-state index in [1.54, 1.807) is 25.2 Å². The average molecular weight is 313 g/mol. The van der Waals surface area contributed by atoms with Gasteiger partial charge in [-0.3, -0.25) is 0 Å². The number of hydrogen-bond donors (Lipinski definition) is 0. The summed E-state index contributed by atoms with van der Waals surface area (Å²) in [6.45, 7) is 3.14. The van der Waals surface area contributed by atoms with Crippen LogP contribution >= 0.6 is 15.9 Å². The fraction of sp³-hybridized carbons (Fsp3) is 0.500. The van der Waals surface area contributed by atoms with E-state index in [1.807, 2.05) is 17.0 Å². The molecule has 1 aliphatic rings. The number of anilines is 1. The van der Waals surface area contributed by atoms with Gasteiger partial charge >= 0.3 is 6.03 Å². The Morgan fingerprint density at radius 1 is 1.28 bits per heavy atom. The molecule has 0 bridgehead atoms. The number of urea groups is 1. The van der Waals surface area contributed by atoms with E-state index in [1.165, 1.54) is 0 Å². The Labute approximate surface area is 116 Å². The first-order chi connectivity index (χ1) is 8.58. The van der Waals surface area contributed by atoms with E-state index >= 15 is 0 Å². The molecule has 98 valence electrons. The monoisotopic (exact) mass is 312 g/mol. The molecular weight excluding hydrogens is 296 g/mol. The Kier molecular flexibility index (Phi) is 4.06. The van der Waals surface area contributed by atoms with Crippen molar-refractivity contribution < 1.29 is 4.79 Å². The summed E-state index contributed by atoms with van der Waals surface area (Å²) in [6, 6.07) is 4.06. The van der Waals surface area contributed by atoms with Gasteiger partial charge in [-0.15, -0.1) is 0 Å². The zero-order chi connectivity index (χ0) is 13.1. The Morgan fingerprint density at radius 2 is 1.94 bits per heavy atom. The van der Waals surface area contributed by atoms with Gasteiger partial charge in [0.1, 0.15) is 5.82 Å². The van der Waals surface area contributed by atoms with Crippen LogP contribution in [-0.2, 0) is 0 Å². The third-order valence-electron chi connectivity index (χ3n) is 2.97. The second-order valence-corrected chi connectivity index (χ2v) is 5.40. The molecule has 6 heteroatoms. The van der Waals surface area contributed by atoms with E-state index in [9.17, 15) is 4.79 Å². The van der Waals surface area contributed by atoms with Crippen molar-refractivity contribution in [1.82, 2.24) is 14.8 Å². The Balaban J connectivity index is 1.94. The molecule has 0 atom stereocenters. The maximum absolute atomic E-state index is 11.8. The molecule has 1 aromatic heterocycles. The van der Waals surface area contributed by atoms with Gasteiger partial charge in [-0.1, -0.05) is 0 Å². The lowest BCUT2D eigenvalue weighted by atomic mass is 10.3. The van der Waals surface area contributed by atoms with Gasteiger partial charge in [0.15, 0.2) is 0 Å². The van der Waals surface area contributed by atoms with Crippen LogP contribution in [-0.4, -0.2) is 61.1 Å². The summed E-state index contributed by atoms with van der Waals surface area (Å²) < 4.78 is 0.979. The van der Waals surface area contributed by atoms with E-state index in [4.69, 9.17) is 0 Å². The standard InChI is InChI=1S/C12H17BrN4O/c1-15(2)12(18)17-7-5-16(6-8-17)11-4-3-10(13)9-14-11/h3-4,9H,5-8H2,1-2H3. The van der Waals surface area contributed by atoms with E-state index in [0.29, 0.717) is 0 Å². The van der Waals surface area contributed by atoms with Crippen LogP contribution in [0.5, 0.6) is 0 Å². The molecule has 18 heavy (non-hydrogen) atoms. The van der Waals surface area contributed by atoms with Crippen molar-refractivity contribution in [3.8, 4) is 0 Å². The quantitative estimate of drug-likeness (QED) is 0.791. The molecule has 1 aliphatic heterocycles. The summed E-state index contributed by atoms with van der Waals surface area (Å²) in [7, 11) is 3.57. The summed E-state index contributed by atoms with van der Waals surface area (Å²) in [6.07, 6.45) is 1.80. The Bertz CT molecular complexity index is 413. The highest BCUT2D eigenvalue weighted by Crippen LogP contribution is 2.16. The van der Waals surface area contributed by atoms with Crippen LogP contribution in [0.3, 0.4) is 0 Å². The van der Waals surface area contributed by atoms with Gasteiger partial charge in [0.25, 0.3) is 0 Å². The number of pyridine rings is 1. The van der Waals surface area contributed by atoms with Gasteiger partial charge in [-0.25, -0.2) is 9.78 Å². The summed E-state index contributed by atoms with van der Waals surface area (Å²) in [5, 5.41) is 0. The number of rotatable bonds is 1. The number of carbonyl (C=O) groups is 1. The summed E-state index contributed by atoms with van der Waals surface area (Å²) in [4.78, 5) is 21.9. The van der Waals surface area contributed by atoms with Gasteiger partial charge in [0.2, 0.25) is 0 Å². The molecule has 2 rings (SSSR count). The molecule has 2 amide bonds. The van der Waals surface area contributed by atoms with E-state index in [2.05, 4.69) is 25.8 Å². The smallest absolute Gasteiger partial charge is 0.319 e. The first kappa shape index (κ1) is 13.1. The molecule has 0 N–H and O–H groups in total. The highest BCUT2D eigenvalue weighted by Gasteiger charge is 2.22. The Morgan fingerprint density at radius 3 is 2.44 bits per heavy atom. The third-order valence-corrected chi connectivity index (χ3v) is 3.44. The first-order valence-electron chi connectivity index (χ1n) is 5.90. The molecule has 1 fully saturated rings. The van der Waals surface area contributed by atoms with Gasteiger partial charge < -0.3 is 14.7 Å². The number of aromatic nitrogens is 1. The van der Waals surface area contributed by atoms with E-state index < -0.39 is 0 Å². The normalized spacial score (nSPS) is 15.7. The minimum Gasteiger partial charge on any atom is -0.353 e. The van der Waals surface area contributed by atoms with E-state index in [-0.39, 0.29) is 6.03 Å². The lowest BCUT2D eigenvalue weighted by Crippen LogP contribution is -2.51. The molecule has 1 saturated heterocycles. The number of hydrogen-bond acceptors (Lipinski definition) is 3. The van der Waals surface area contributed by atoms with Gasteiger partial charge in [-0.2, -0.15) is 0 Å². The van der Waals surface area contributed by atoms with Gasteiger partial charge in [0.05, 0.1) is 0 Å². The minimum atomic E-state index is 0.0819. The highest BCUT2D eigenvalue weighted by atomic mass is 79.9. The predicted molar refractivity (Wildman–Crippen MR) is 74.8 cm³/mol. The Hall–Kier alpha value is -1.30. The van der Waals surface area contributed by atoms with E-state index in [0.717, 1.165) is 36.5 Å². The number of carbonyl (C=O) groups excluding carboxylic acids is 1. The molecule has 1 aromatic rings. The fourth-order valence-corrected chi connectivity index (χ4v) is 2.20. The summed E-state index contributed by atoms with van der Waals surface area (Å²) in [5.74, 6) is 0.968. The molecule has 5 nitrogen and oxygen atoms in total. The SMILES string of the molecule is CN(C)C(=O)N1CCN(c2ccc(Br)cn2)CC1.